The number of aromatic nitrogens is 1. The molecule has 0 saturated carbocycles. The van der Waals surface area contributed by atoms with E-state index in [2.05, 4.69) is 29.5 Å². The topological polar surface area (TPSA) is 63.2 Å². The van der Waals surface area contributed by atoms with Crippen molar-refractivity contribution in [2.24, 2.45) is 5.92 Å². The molecule has 24 heavy (non-hydrogen) atoms. The number of rotatable bonds is 8. The number of pyridine rings is 1. The van der Waals surface area contributed by atoms with Crippen LogP contribution >= 0.6 is 0 Å². The van der Waals surface area contributed by atoms with Crippen LogP contribution in [0, 0.1) is 5.92 Å². The molecule has 0 atom stereocenters. The van der Waals surface area contributed by atoms with Crippen LogP contribution in [0.25, 0.3) is 0 Å². The van der Waals surface area contributed by atoms with Gasteiger partial charge in [0.15, 0.2) is 0 Å². The standard InChI is InChI=1S/C19H25N3O2/c1-14(2)12-21-16-6-9-18(22-13-16)19(23)20-11-10-15-4-7-17(24-3)8-5-15/h4-9,13-14,21H,10-12H2,1-3H3,(H,20,23). The van der Waals surface area contributed by atoms with E-state index in [1.54, 1.807) is 19.4 Å². The molecule has 2 N–H and O–H groups in total. The molecule has 0 aliphatic heterocycles. The Labute approximate surface area is 143 Å². The van der Waals surface area contributed by atoms with Gasteiger partial charge in [0, 0.05) is 13.1 Å². The van der Waals surface area contributed by atoms with E-state index in [0.29, 0.717) is 18.2 Å². The zero-order chi connectivity index (χ0) is 17.4. The lowest BCUT2D eigenvalue weighted by atomic mass is 10.1. The Balaban J connectivity index is 1.79. The van der Waals surface area contributed by atoms with Crippen molar-refractivity contribution in [2.45, 2.75) is 20.3 Å². The summed E-state index contributed by atoms with van der Waals surface area (Å²) < 4.78 is 5.13. The van der Waals surface area contributed by atoms with Crippen molar-refractivity contribution < 1.29 is 9.53 Å². The van der Waals surface area contributed by atoms with Crippen molar-refractivity contribution in [2.75, 3.05) is 25.5 Å². The van der Waals surface area contributed by atoms with Crippen LogP contribution in [0.2, 0.25) is 0 Å². The van der Waals surface area contributed by atoms with Crippen LogP contribution in [0.15, 0.2) is 42.6 Å². The Hall–Kier alpha value is -2.56. The predicted molar refractivity (Wildman–Crippen MR) is 96.6 cm³/mol. The number of benzene rings is 1. The molecule has 0 unspecified atom stereocenters. The summed E-state index contributed by atoms with van der Waals surface area (Å²) in [6.45, 7) is 5.74. The molecule has 0 spiro atoms. The van der Waals surface area contributed by atoms with Crippen molar-refractivity contribution in [3.8, 4) is 5.75 Å². The van der Waals surface area contributed by atoms with E-state index in [9.17, 15) is 4.79 Å². The fourth-order valence-electron chi connectivity index (χ4n) is 2.16. The average Bonchev–Trinajstić information content (AvgIpc) is 2.61. The molecule has 0 aliphatic rings. The first kappa shape index (κ1) is 17.8. The van der Waals surface area contributed by atoms with Crippen molar-refractivity contribution in [1.29, 1.82) is 0 Å². The minimum atomic E-state index is -0.154. The number of methoxy groups -OCH3 is 1. The second kappa shape index (κ2) is 8.91. The average molecular weight is 327 g/mol. The van der Waals surface area contributed by atoms with Crippen molar-refractivity contribution in [3.63, 3.8) is 0 Å². The van der Waals surface area contributed by atoms with Crippen LogP contribution in [0.5, 0.6) is 5.75 Å². The fraction of sp³-hybridized carbons (Fsp3) is 0.368. The van der Waals surface area contributed by atoms with Crippen molar-refractivity contribution >= 4 is 11.6 Å². The maximum atomic E-state index is 12.1. The van der Waals surface area contributed by atoms with Gasteiger partial charge in [0.25, 0.3) is 5.91 Å². The highest BCUT2D eigenvalue weighted by Gasteiger charge is 2.06. The molecular weight excluding hydrogens is 302 g/mol. The van der Waals surface area contributed by atoms with E-state index in [4.69, 9.17) is 4.74 Å². The van der Waals surface area contributed by atoms with Crippen molar-refractivity contribution in [3.05, 3.63) is 53.9 Å². The van der Waals surface area contributed by atoms with Crippen LogP contribution in [-0.4, -0.2) is 31.1 Å². The second-order valence-electron chi connectivity index (χ2n) is 6.06. The highest BCUT2D eigenvalue weighted by molar-refractivity contribution is 5.92. The zero-order valence-corrected chi connectivity index (χ0v) is 14.5. The third kappa shape index (κ3) is 5.57. The largest absolute Gasteiger partial charge is 0.497 e. The summed E-state index contributed by atoms with van der Waals surface area (Å²) in [6.07, 6.45) is 2.46. The first-order valence-electron chi connectivity index (χ1n) is 8.19. The molecule has 0 aliphatic carbocycles. The lowest BCUT2D eigenvalue weighted by molar-refractivity contribution is 0.0949. The Morgan fingerprint density at radius 2 is 1.92 bits per heavy atom. The molecule has 0 bridgehead atoms. The summed E-state index contributed by atoms with van der Waals surface area (Å²) in [5.41, 5.74) is 2.51. The van der Waals surface area contributed by atoms with E-state index in [1.165, 1.54) is 0 Å². The number of amides is 1. The van der Waals surface area contributed by atoms with Crippen LogP contribution in [-0.2, 0) is 6.42 Å². The van der Waals surface area contributed by atoms with Gasteiger partial charge < -0.3 is 15.4 Å². The quantitative estimate of drug-likeness (QED) is 0.782. The zero-order valence-electron chi connectivity index (χ0n) is 14.5. The minimum Gasteiger partial charge on any atom is -0.497 e. The molecule has 1 aromatic heterocycles. The maximum absolute atomic E-state index is 12.1. The first-order chi connectivity index (χ1) is 11.6. The molecule has 0 radical (unpaired) electrons. The van der Waals surface area contributed by atoms with E-state index < -0.39 is 0 Å². The number of hydrogen-bond donors (Lipinski definition) is 2. The number of ether oxygens (including phenoxy) is 1. The van der Waals surface area contributed by atoms with Crippen LogP contribution in [0.4, 0.5) is 5.69 Å². The maximum Gasteiger partial charge on any atom is 0.269 e. The van der Waals surface area contributed by atoms with Crippen LogP contribution in [0.3, 0.4) is 0 Å². The number of carbonyl (C=O) groups is 1. The van der Waals surface area contributed by atoms with E-state index in [1.807, 2.05) is 30.3 Å². The van der Waals surface area contributed by atoms with Gasteiger partial charge >= 0.3 is 0 Å². The van der Waals surface area contributed by atoms with Gasteiger partial charge in [0.05, 0.1) is 19.0 Å². The van der Waals surface area contributed by atoms with Gasteiger partial charge in [0.2, 0.25) is 0 Å². The molecule has 0 saturated heterocycles. The van der Waals surface area contributed by atoms with Gasteiger partial charge in [-0.3, -0.25) is 4.79 Å². The van der Waals surface area contributed by atoms with Crippen LogP contribution < -0.4 is 15.4 Å². The van der Waals surface area contributed by atoms with Gasteiger partial charge in [-0.1, -0.05) is 26.0 Å². The summed E-state index contributed by atoms with van der Waals surface area (Å²) in [4.78, 5) is 16.3. The summed E-state index contributed by atoms with van der Waals surface area (Å²) in [7, 11) is 1.64. The lowest BCUT2D eigenvalue weighted by Crippen LogP contribution is -2.26. The molecule has 1 aromatic carbocycles. The summed E-state index contributed by atoms with van der Waals surface area (Å²) in [6, 6.07) is 11.5. The highest BCUT2D eigenvalue weighted by atomic mass is 16.5. The lowest BCUT2D eigenvalue weighted by Gasteiger charge is -2.09. The molecule has 5 nitrogen and oxygen atoms in total. The molecule has 128 valence electrons. The molecule has 5 heteroatoms. The highest BCUT2D eigenvalue weighted by Crippen LogP contribution is 2.11. The number of hydrogen-bond acceptors (Lipinski definition) is 4. The molecule has 1 amide bonds. The number of nitrogens with one attached hydrogen (secondary N) is 2. The number of nitrogens with zero attached hydrogens (tertiary/aromatic N) is 1. The molecular formula is C19H25N3O2. The van der Waals surface area contributed by atoms with Gasteiger partial charge in [-0.05, 0) is 42.2 Å². The normalized spacial score (nSPS) is 10.5. The van der Waals surface area contributed by atoms with Gasteiger partial charge in [0.1, 0.15) is 11.4 Å². The molecule has 2 rings (SSSR count). The Kier molecular flexibility index (Phi) is 6.61. The van der Waals surface area contributed by atoms with E-state index >= 15 is 0 Å². The molecule has 2 aromatic rings. The van der Waals surface area contributed by atoms with Gasteiger partial charge in [-0.15, -0.1) is 0 Å². The smallest absolute Gasteiger partial charge is 0.269 e. The van der Waals surface area contributed by atoms with Gasteiger partial charge in [-0.25, -0.2) is 4.98 Å². The fourth-order valence-corrected chi connectivity index (χ4v) is 2.16. The SMILES string of the molecule is COc1ccc(CCNC(=O)c2ccc(NCC(C)C)cn2)cc1. The monoisotopic (exact) mass is 327 g/mol. The van der Waals surface area contributed by atoms with Gasteiger partial charge in [-0.2, -0.15) is 0 Å². The second-order valence-corrected chi connectivity index (χ2v) is 6.06. The Morgan fingerprint density at radius 1 is 1.17 bits per heavy atom. The number of carbonyl (C=O) groups excluding carboxylic acids is 1. The van der Waals surface area contributed by atoms with E-state index in [-0.39, 0.29) is 5.91 Å². The first-order valence-corrected chi connectivity index (χ1v) is 8.19. The predicted octanol–water partition coefficient (Wildman–Crippen LogP) is 3.13. The number of anilines is 1. The third-order valence-electron chi connectivity index (χ3n) is 3.57. The van der Waals surface area contributed by atoms with Crippen molar-refractivity contribution in [1.82, 2.24) is 10.3 Å². The third-order valence-corrected chi connectivity index (χ3v) is 3.57. The summed E-state index contributed by atoms with van der Waals surface area (Å²) >= 11 is 0. The minimum absolute atomic E-state index is 0.154. The Bertz CT molecular complexity index is 637. The summed E-state index contributed by atoms with van der Waals surface area (Å²) in [5.74, 6) is 1.24. The van der Waals surface area contributed by atoms with Crippen LogP contribution in [0.1, 0.15) is 29.9 Å². The van der Waals surface area contributed by atoms with E-state index in [0.717, 1.165) is 30.0 Å². The molecule has 1 heterocycles. The Morgan fingerprint density at radius 3 is 2.50 bits per heavy atom. The summed E-state index contributed by atoms with van der Waals surface area (Å²) in [5, 5.41) is 6.17. The molecule has 0 fully saturated rings.